The molecule has 9 nitrogen and oxygen atoms in total. The number of aromatic nitrogens is 2. The van der Waals surface area contributed by atoms with Crippen LogP contribution in [0, 0.1) is 5.82 Å². The number of aryl methyl sites for hydroxylation is 1. The molecule has 1 saturated carbocycles. The number of urea groups is 1. The van der Waals surface area contributed by atoms with Gasteiger partial charge >= 0.3 is 12.1 Å². The molecule has 1 atom stereocenters. The Morgan fingerprint density at radius 2 is 1.97 bits per heavy atom. The van der Waals surface area contributed by atoms with Gasteiger partial charge in [-0.2, -0.15) is 0 Å². The number of anilines is 3. The number of amides is 3. The minimum absolute atomic E-state index is 0.261. The van der Waals surface area contributed by atoms with Gasteiger partial charge in [-0.05, 0) is 49.4 Å². The van der Waals surface area contributed by atoms with Crippen LogP contribution in [0.2, 0.25) is 5.02 Å². The van der Waals surface area contributed by atoms with Gasteiger partial charge in [-0.15, -0.1) is 0 Å². The topological polar surface area (TPSA) is 96.9 Å². The molecule has 4 aliphatic rings. The van der Waals surface area contributed by atoms with Crippen LogP contribution in [-0.2, 0) is 17.7 Å². The van der Waals surface area contributed by atoms with E-state index in [9.17, 15) is 14.0 Å². The Bertz CT molecular complexity index is 1500. The van der Waals surface area contributed by atoms with E-state index in [-0.39, 0.29) is 24.2 Å². The number of pyridine rings is 2. The SMILES string of the molecule is O=C1OCCN1c1cc2c(c(C3CC3)n1)CN(c1cc3c(cc1Cl)CCC(c1ncccc1F)O3)C(=O)N2. The third kappa shape index (κ3) is 3.91. The Hall–Kier alpha value is -3.92. The highest BCUT2D eigenvalue weighted by Crippen LogP contribution is 2.47. The van der Waals surface area contributed by atoms with E-state index < -0.39 is 18.0 Å². The molecular formula is C27H23ClFN5O4. The van der Waals surface area contributed by atoms with Crippen LogP contribution in [0.15, 0.2) is 36.5 Å². The molecule has 0 spiro atoms. The van der Waals surface area contributed by atoms with Crippen LogP contribution in [0.5, 0.6) is 5.75 Å². The number of ether oxygens (including phenoxy) is 2. The maximum Gasteiger partial charge on any atom is 0.415 e. The molecule has 1 aromatic carbocycles. The third-order valence-electron chi connectivity index (χ3n) is 7.40. The predicted molar refractivity (Wildman–Crippen MR) is 137 cm³/mol. The minimum atomic E-state index is -0.532. The lowest BCUT2D eigenvalue weighted by Gasteiger charge is -2.33. The normalized spacial score (nSPS) is 20.4. The van der Waals surface area contributed by atoms with Crippen molar-refractivity contribution in [3.63, 3.8) is 0 Å². The molecule has 5 heterocycles. The van der Waals surface area contributed by atoms with Crippen LogP contribution in [0.1, 0.15) is 53.8 Å². The monoisotopic (exact) mass is 535 g/mol. The molecule has 1 N–H and O–H groups in total. The fourth-order valence-electron chi connectivity index (χ4n) is 5.32. The van der Waals surface area contributed by atoms with Gasteiger partial charge in [0.2, 0.25) is 0 Å². The van der Waals surface area contributed by atoms with Crippen LogP contribution in [0.4, 0.5) is 31.2 Å². The number of hydrogen-bond donors (Lipinski definition) is 1. The standard InChI is InChI=1S/C27H23ClFN5O4/c28-17-10-15-5-6-21(25-18(29)2-1-7-30-25)38-22(15)12-20(17)34-13-16-19(31-26(34)35)11-23(32-24(16)14-3-4-14)33-8-9-37-27(33)36/h1-2,7,10-12,14,21H,3-6,8-9,13H2,(H,31,35). The average molecular weight is 536 g/mol. The Kier molecular flexibility index (Phi) is 5.40. The number of cyclic esters (lactones) is 1. The van der Waals surface area contributed by atoms with Gasteiger partial charge in [-0.25, -0.2) is 19.0 Å². The first kappa shape index (κ1) is 23.2. The molecule has 3 aromatic rings. The number of benzene rings is 1. The maximum atomic E-state index is 14.4. The summed E-state index contributed by atoms with van der Waals surface area (Å²) in [5, 5.41) is 3.39. The van der Waals surface area contributed by atoms with Crippen molar-refractivity contribution >= 4 is 40.9 Å². The van der Waals surface area contributed by atoms with Gasteiger partial charge in [0.25, 0.3) is 0 Å². The van der Waals surface area contributed by atoms with Crippen molar-refractivity contribution in [2.75, 3.05) is 28.3 Å². The highest BCUT2D eigenvalue weighted by molar-refractivity contribution is 6.34. The highest BCUT2D eigenvalue weighted by Gasteiger charge is 2.37. The molecule has 38 heavy (non-hydrogen) atoms. The van der Waals surface area contributed by atoms with Gasteiger partial charge in [-0.3, -0.25) is 14.8 Å². The smallest absolute Gasteiger partial charge is 0.415 e. The number of rotatable bonds is 4. The molecule has 2 aromatic heterocycles. The molecule has 3 aliphatic heterocycles. The van der Waals surface area contributed by atoms with Crippen LogP contribution < -0.4 is 19.9 Å². The molecule has 194 valence electrons. The number of halogens is 2. The van der Waals surface area contributed by atoms with Crippen molar-refractivity contribution in [2.45, 2.75) is 44.2 Å². The second-order valence-corrected chi connectivity index (χ2v) is 10.3. The van der Waals surface area contributed by atoms with Gasteiger partial charge in [-0.1, -0.05) is 11.6 Å². The number of nitrogens with one attached hydrogen (secondary N) is 1. The van der Waals surface area contributed by atoms with Gasteiger partial charge in [0, 0.05) is 29.8 Å². The summed E-state index contributed by atoms with van der Waals surface area (Å²) in [6.45, 7) is 0.994. The molecule has 3 amide bonds. The van der Waals surface area contributed by atoms with Crippen LogP contribution >= 0.6 is 11.6 Å². The number of fused-ring (bicyclic) bond motifs is 2. The summed E-state index contributed by atoms with van der Waals surface area (Å²) in [5.41, 5.74) is 4.05. The van der Waals surface area contributed by atoms with E-state index in [0.717, 1.165) is 29.7 Å². The van der Waals surface area contributed by atoms with Crippen molar-refractivity contribution in [3.05, 3.63) is 69.9 Å². The number of hydrogen-bond acceptors (Lipinski definition) is 6. The first-order valence-electron chi connectivity index (χ1n) is 12.6. The zero-order valence-electron chi connectivity index (χ0n) is 20.2. The fraction of sp³-hybridized carbons (Fsp3) is 0.333. The van der Waals surface area contributed by atoms with E-state index in [2.05, 4.69) is 10.3 Å². The van der Waals surface area contributed by atoms with Crippen LogP contribution in [0.3, 0.4) is 0 Å². The summed E-state index contributed by atoms with van der Waals surface area (Å²) in [5.74, 6) is 0.891. The first-order chi connectivity index (χ1) is 18.5. The summed E-state index contributed by atoms with van der Waals surface area (Å²) in [7, 11) is 0. The van der Waals surface area contributed by atoms with Crippen molar-refractivity contribution < 1.29 is 23.5 Å². The van der Waals surface area contributed by atoms with Gasteiger partial charge in [0.1, 0.15) is 35.8 Å². The number of carbonyl (C=O) groups is 2. The summed E-state index contributed by atoms with van der Waals surface area (Å²) < 4.78 is 25.6. The first-order valence-corrected chi connectivity index (χ1v) is 13.0. The minimum Gasteiger partial charge on any atom is -0.484 e. The molecule has 7 rings (SSSR count). The highest BCUT2D eigenvalue weighted by atomic mass is 35.5. The Balaban J connectivity index is 1.23. The quantitative estimate of drug-likeness (QED) is 0.459. The fourth-order valence-corrected chi connectivity index (χ4v) is 5.61. The molecule has 1 unspecified atom stereocenters. The van der Waals surface area contributed by atoms with E-state index in [1.54, 1.807) is 29.3 Å². The Morgan fingerprint density at radius 1 is 1.11 bits per heavy atom. The molecule has 0 radical (unpaired) electrons. The summed E-state index contributed by atoms with van der Waals surface area (Å²) >= 11 is 6.68. The van der Waals surface area contributed by atoms with Crippen LogP contribution in [-0.4, -0.2) is 35.2 Å². The maximum absolute atomic E-state index is 14.4. The van der Waals surface area contributed by atoms with E-state index in [1.807, 2.05) is 6.07 Å². The van der Waals surface area contributed by atoms with Gasteiger partial charge in [0.15, 0.2) is 0 Å². The number of nitrogens with zero attached hydrogens (tertiary/aromatic N) is 4. The van der Waals surface area contributed by atoms with E-state index in [4.69, 9.17) is 26.1 Å². The lowest BCUT2D eigenvalue weighted by Crippen LogP contribution is -2.40. The molecule has 0 bridgehead atoms. The number of carbonyl (C=O) groups excluding carboxylic acids is 2. The second kappa shape index (κ2) is 8.83. The lowest BCUT2D eigenvalue weighted by molar-refractivity contribution is 0.167. The predicted octanol–water partition coefficient (Wildman–Crippen LogP) is 5.72. The van der Waals surface area contributed by atoms with E-state index in [0.29, 0.717) is 54.0 Å². The van der Waals surface area contributed by atoms with Gasteiger partial charge < -0.3 is 14.8 Å². The van der Waals surface area contributed by atoms with E-state index >= 15 is 0 Å². The second-order valence-electron chi connectivity index (χ2n) is 9.88. The molecule has 1 aliphatic carbocycles. The van der Waals surface area contributed by atoms with Gasteiger partial charge in [0.05, 0.1) is 35.2 Å². The van der Waals surface area contributed by atoms with Crippen molar-refractivity contribution in [1.82, 2.24) is 9.97 Å². The molecular weight excluding hydrogens is 513 g/mol. The van der Waals surface area contributed by atoms with Crippen molar-refractivity contribution in [3.8, 4) is 5.75 Å². The third-order valence-corrected chi connectivity index (χ3v) is 7.71. The molecule has 1 saturated heterocycles. The Morgan fingerprint density at radius 3 is 2.74 bits per heavy atom. The van der Waals surface area contributed by atoms with Crippen molar-refractivity contribution in [1.29, 1.82) is 0 Å². The largest absolute Gasteiger partial charge is 0.484 e. The van der Waals surface area contributed by atoms with Crippen molar-refractivity contribution in [2.24, 2.45) is 0 Å². The molecule has 11 heteroatoms. The zero-order valence-corrected chi connectivity index (χ0v) is 21.0. The zero-order chi connectivity index (χ0) is 26.0. The molecule has 2 fully saturated rings. The summed E-state index contributed by atoms with van der Waals surface area (Å²) in [6, 6.07) is 7.84. The lowest BCUT2D eigenvalue weighted by atomic mass is 9.99. The van der Waals surface area contributed by atoms with E-state index in [1.165, 1.54) is 11.0 Å². The van der Waals surface area contributed by atoms with Crippen LogP contribution in [0.25, 0.3) is 0 Å². The summed E-state index contributed by atoms with van der Waals surface area (Å²) in [6.07, 6.45) is 3.78. The summed E-state index contributed by atoms with van der Waals surface area (Å²) in [4.78, 5) is 37.5. The Labute approximate surface area is 222 Å². The average Bonchev–Trinajstić information content (AvgIpc) is 3.67.